The number of fused-ring (bicyclic) bond motifs is 1. The van der Waals surface area contributed by atoms with Gasteiger partial charge in [-0.05, 0) is 18.5 Å². The molecule has 0 spiro atoms. The molecule has 0 bridgehead atoms. The average Bonchev–Trinajstić information content (AvgIpc) is 2.05. The van der Waals surface area contributed by atoms with Gasteiger partial charge < -0.3 is 5.32 Å². The van der Waals surface area contributed by atoms with E-state index in [0.29, 0.717) is 0 Å². The van der Waals surface area contributed by atoms with Crippen LogP contribution in [0.25, 0.3) is 0 Å². The Morgan fingerprint density at radius 2 is 2.60 bits per heavy atom. The molecule has 10 heavy (non-hydrogen) atoms. The molecule has 1 aromatic rings. The lowest BCUT2D eigenvalue weighted by molar-refractivity contribution is 0.633. The van der Waals surface area contributed by atoms with Gasteiger partial charge in [0.15, 0.2) is 0 Å². The number of nitrogens with one attached hydrogen (secondary N) is 1. The Morgan fingerprint density at radius 3 is 3.50 bits per heavy atom. The van der Waals surface area contributed by atoms with E-state index in [2.05, 4.69) is 21.7 Å². The number of hydrogen-bond donors (Lipinski definition) is 1. The quantitative estimate of drug-likeness (QED) is 0.539. The molecule has 0 atom stereocenters. The molecule has 1 aliphatic rings. The molecule has 0 aromatic carbocycles. The van der Waals surface area contributed by atoms with Crippen LogP contribution in [0.3, 0.4) is 0 Å². The highest BCUT2D eigenvalue weighted by atomic mass is 15.1. The van der Waals surface area contributed by atoms with Gasteiger partial charge in [0.1, 0.15) is 6.20 Å². The lowest BCUT2D eigenvalue weighted by Crippen LogP contribution is -2.23. The molecule has 1 radical (unpaired) electrons. The van der Waals surface area contributed by atoms with E-state index in [0.717, 1.165) is 19.5 Å². The number of aromatic nitrogens is 2. The minimum Gasteiger partial charge on any atom is -0.312 e. The molecule has 2 rings (SSSR count). The van der Waals surface area contributed by atoms with Gasteiger partial charge in [0.2, 0.25) is 0 Å². The number of nitrogens with zero attached hydrogens (tertiary/aromatic N) is 2. The molecule has 0 saturated carbocycles. The molecule has 3 heteroatoms. The highest BCUT2D eigenvalue weighted by molar-refractivity contribution is 5.21. The lowest BCUT2D eigenvalue weighted by atomic mass is 10.1. The Labute approximate surface area is 59.5 Å². The first kappa shape index (κ1) is 5.80. The van der Waals surface area contributed by atoms with Crippen molar-refractivity contribution in [3.05, 3.63) is 23.5 Å². The van der Waals surface area contributed by atoms with Crippen LogP contribution >= 0.6 is 0 Å². The van der Waals surface area contributed by atoms with Gasteiger partial charge in [0.05, 0.1) is 6.20 Å². The summed E-state index contributed by atoms with van der Waals surface area (Å²) < 4.78 is 0. The number of rotatable bonds is 0. The minimum atomic E-state index is 0.894. The van der Waals surface area contributed by atoms with E-state index in [9.17, 15) is 0 Å². The molecule has 1 aromatic heterocycles. The zero-order valence-corrected chi connectivity index (χ0v) is 5.59. The monoisotopic (exact) mass is 134 g/mol. The molecule has 2 heterocycles. The third-order valence-electron chi connectivity index (χ3n) is 1.72. The predicted octanol–water partition coefficient (Wildman–Crippen LogP) is -0.0775. The van der Waals surface area contributed by atoms with Crippen molar-refractivity contribution >= 4 is 0 Å². The summed E-state index contributed by atoms with van der Waals surface area (Å²) in [6.07, 6.45) is 5.75. The molecule has 3 nitrogen and oxygen atoms in total. The highest BCUT2D eigenvalue weighted by Crippen LogP contribution is 2.08. The van der Waals surface area contributed by atoms with Crippen LogP contribution in [-0.2, 0) is 13.0 Å². The van der Waals surface area contributed by atoms with Crippen LogP contribution in [0.2, 0.25) is 0 Å². The second kappa shape index (κ2) is 2.34. The highest BCUT2D eigenvalue weighted by Gasteiger charge is 2.07. The van der Waals surface area contributed by atoms with Crippen LogP contribution in [0.1, 0.15) is 11.1 Å². The van der Waals surface area contributed by atoms with Crippen molar-refractivity contribution in [3.8, 4) is 0 Å². The van der Waals surface area contributed by atoms with Crippen LogP contribution in [-0.4, -0.2) is 16.7 Å². The predicted molar refractivity (Wildman–Crippen MR) is 36.3 cm³/mol. The summed E-state index contributed by atoms with van der Waals surface area (Å²) in [5.41, 5.74) is 2.45. The molecule has 0 fully saturated rings. The summed E-state index contributed by atoms with van der Waals surface area (Å²) in [6.45, 7) is 1.94. The Hall–Kier alpha value is -0.960. The fourth-order valence-electron chi connectivity index (χ4n) is 1.14. The molecular weight excluding hydrogens is 126 g/mol. The summed E-state index contributed by atoms with van der Waals surface area (Å²) in [4.78, 5) is 0. The van der Waals surface area contributed by atoms with E-state index in [-0.39, 0.29) is 0 Å². The van der Waals surface area contributed by atoms with Gasteiger partial charge >= 0.3 is 0 Å². The van der Waals surface area contributed by atoms with E-state index >= 15 is 0 Å². The summed E-state index contributed by atoms with van der Waals surface area (Å²) in [5.74, 6) is 0. The number of hydrogen-bond acceptors (Lipinski definition) is 3. The van der Waals surface area contributed by atoms with Gasteiger partial charge in [-0.15, -0.1) is 5.10 Å². The smallest absolute Gasteiger partial charge is 0.118 e. The van der Waals surface area contributed by atoms with E-state index in [4.69, 9.17) is 0 Å². The Morgan fingerprint density at radius 1 is 1.60 bits per heavy atom. The second-order valence-corrected chi connectivity index (χ2v) is 2.39. The first-order valence-electron chi connectivity index (χ1n) is 3.38. The molecular formula is C7H8N3. The first-order valence-corrected chi connectivity index (χ1v) is 3.38. The fourth-order valence-corrected chi connectivity index (χ4v) is 1.14. The maximum Gasteiger partial charge on any atom is 0.118 e. The van der Waals surface area contributed by atoms with Crippen molar-refractivity contribution in [1.82, 2.24) is 15.5 Å². The maximum absolute atomic E-state index is 3.76. The molecule has 0 saturated heterocycles. The van der Waals surface area contributed by atoms with Crippen molar-refractivity contribution < 1.29 is 0 Å². The topological polar surface area (TPSA) is 37.8 Å². The van der Waals surface area contributed by atoms with Crippen LogP contribution in [0.5, 0.6) is 0 Å². The zero-order chi connectivity index (χ0) is 6.81. The fraction of sp³-hybridized carbons (Fsp3) is 0.429. The van der Waals surface area contributed by atoms with Gasteiger partial charge in [0, 0.05) is 12.1 Å². The second-order valence-electron chi connectivity index (χ2n) is 2.39. The van der Waals surface area contributed by atoms with Crippen LogP contribution in [0.4, 0.5) is 0 Å². The Bertz CT molecular complexity index is 209. The van der Waals surface area contributed by atoms with Gasteiger partial charge in [0.25, 0.3) is 0 Å². The van der Waals surface area contributed by atoms with E-state index < -0.39 is 0 Å². The van der Waals surface area contributed by atoms with Crippen molar-refractivity contribution in [2.45, 2.75) is 13.0 Å². The van der Waals surface area contributed by atoms with Crippen LogP contribution < -0.4 is 5.32 Å². The standard InChI is InChI=1S/C7H8N3/c1-2-8-3-7-5-10-9-4-6(1)7/h4,8H,1-3H2. The van der Waals surface area contributed by atoms with Crippen LogP contribution in [0.15, 0.2) is 6.20 Å². The third kappa shape index (κ3) is 0.885. The molecule has 0 amide bonds. The van der Waals surface area contributed by atoms with Gasteiger partial charge in [-0.2, -0.15) is 5.10 Å². The van der Waals surface area contributed by atoms with Crippen molar-refractivity contribution in [1.29, 1.82) is 0 Å². The molecule has 51 valence electrons. The minimum absolute atomic E-state index is 0.894. The SMILES string of the molecule is [c]1nncc2c1CNCC2. The average molecular weight is 134 g/mol. The zero-order valence-electron chi connectivity index (χ0n) is 5.59. The molecule has 1 N–H and O–H groups in total. The van der Waals surface area contributed by atoms with Gasteiger partial charge in [-0.3, -0.25) is 0 Å². The van der Waals surface area contributed by atoms with Crippen molar-refractivity contribution in [2.24, 2.45) is 0 Å². The van der Waals surface area contributed by atoms with E-state index in [1.807, 2.05) is 6.20 Å². The van der Waals surface area contributed by atoms with Crippen molar-refractivity contribution in [3.63, 3.8) is 0 Å². The Balaban J connectivity index is 2.41. The summed E-state index contributed by atoms with van der Waals surface area (Å²) in [7, 11) is 0. The summed E-state index contributed by atoms with van der Waals surface area (Å²) >= 11 is 0. The summed E-state index contributed by atoms with van der Waals surface area (Å²) in [6, 6.07) is 0. The molecule has 1 aliphatic heterocycles. The lowest BCUT2D eigenvalue weighted by Gasteiger charge is -2.13. The largest absolute Gasteiger partial charge is 0.312 e. The van der Waals surface area contributed by atoms with Crippen molar-refractivity contribution in [2.75, 3.05) is 6.54 Å². The van der Waals surface area contributed by atoms with Gasteiger partial charge in [-0.25, -0.2) is 0 Å². The van der Waals surface area contributed by atoms with E-state index in [1.165, 1.54) is 11.1 Å². The normalized spacial score (nSPS) is 16.4. The van der Waals surface area contributed by atoms with Crippen LogP contribution in [0, 0.1) is 6.20 Å². The molecule has 0 unspecified atom stereocenters. The third-order valence-corrected chi connectivity index (χ3v) is 1.72. The van der Waals surface area contributed by atoms with E-state index in [1.54, 1.807) is 0 Å². The van der Waals surface area contributed by atoms with Gasteiger partial charge in [-0.1, -0.05) is 0 Å². The molecule has 0 aliphatic carbocycles. The summed E-state index contributed by atoms with van der Waals surface area (Å²) in [5, 5.41) is 10.7. The maximum atomic E-state index is 3.76. The first-order chi connectivity index (χ1) is 4.97. The Kier molecular flexibility index (Phi) is 1.36.